The number of ether oxygens (including phenoxy) is 1. The van der Waals surface area contributed by atoms with Crippen LogP contribution in [0.3, 0.4) is 0 Å². The van der Waals surface area contributed by atoms with Crippen LogP contribution in [-0.2, 0) is 45.4 Å². The second-order valence-electron chi connectivity index (χ2n) is 9.14. The Labute approximate surface area is 259 Å². The minimum Gasteiger partial charge on any atom is -0.475 e. The van der Waals surface area contributed by atoms with Crippen LogP contribution >= 0.6 is 0 Å². The van der Waals surface area contributed by atoms with Crippen molar-refractivity contribution in [2.45, 2.75) is 44.8 Å². The number of aromatic nitrogens is 4. The van der Waals surface area contributed by atoms with E-state index in [0.717, 1.165) is 31.9 Å². The number of carboxylic acids is 3. The lowest BCUT2D eigenvalue weighted by Gasteiger charge is -2.23. The Hall–Kier alpha value is -4.79. The molecule has 0 fully saturated rings. The number of rotatable bonds is 6. The molecule has 0 amide bonds. The third-order valence-corrected chi connectivity index (χ3v) is 5.35. The standard InChI is InChI=1S/C20H23N5O.3C2HF3O2/c1-2-7-22-19(3-1)16-26-15-18-12-24(11-17-4-8-21-9-5-17)14-20-6-10-23-25(20)13-18;3*3-2(4,5)1(6)7/h1-10,18H,11-16H2;3*(H,6,7). The highest BCUT2D eigenvalue weighted by atomic mass is 19.4. The van der Waals surface area contributed by atoms with Crippen molar-refractivity contribution in [2.75, 3.05) is 13.2 Å². The molecule has 0 radical (unpaired) electrons. The van der Waals surface area contributed by atoms with E-state index >= 15 is 0 Å². The Bertz CT molecular complexity index is 1330. The van der Waals surface area contributed by atoms with Crippen molar-refractivity contribution in [3.8, 4) is 0 Å². The Morgan fingerprint density at radius 3 is 1.77 bits per heavy atom. The zero-order chi connectivity index (χ0) is 35.8. The Morgan fingerprint density at radius 2 is 1.30 bits per heavy atom. The topological polar surface area (TPSA) is 168 Å². The van der Waals surface area contributed by atoms with Crippen molar-refractivity contribution < 1.29 is 74.0 Å². The Balaban J connectivity index is 0.000000430. The average molecular weight is 692 g/mol. The Morgan fingerprint density at radius 1 is 0.766 bits per heavy atom. The first-order valence-corrected chi connectivity index (χ1v) is 12.7. The number of carboxylic acid groups (broad SMARTS) is 3. The summed E-state index contributed by atoms with van der Waals surface area (Å²) in [5.74, 6) is -7.88. The molecule has 3 aromatic heterocycles. The molecule has 47 heavy (non-hydrogen) atoms. The fraction of sp³-hybridized carbons (Fsp3) is 0.385. The molecule has 12 nitrogen and oxygen atoms in total. The summed E-state index contributed by atoms with van der Waals surface area (Å²) in [5.41, 5.74) is 3.50. The molecule has 0 bridgehead atoms. The van der Waals surface area contributed by atoms with E-state index in [-0.39, 0.29) is 0 Å². The van der Waals surface area contributed by atoms with E-state index < -0.39 is 36.4 Å². The molecular weight excluding hydrogens is 665 g/mol. The van der Waals surface area contributed by atoms with Gasteiger partial charge >= 0.3 is 36.4 Å². The minimum atomic E-state index is -5.08. The second-order valence-corrected chi connectivity index (χ2v) is 9.14. The van der Waals surface area contributed by atoms with Crippen LogP contribution in [0.4, 0.5) is 39.5 Å². The highest BCUT2D eigenvalue weighted by molar-refractivity contribution is 5.73. The third kappa shape index (κ3) is 16.9. The molecule has 4 rings (SSSR count). The van der Waals surface area contributed by atoms with Gasteiger partial charge in [0.05, 0.1) is 24.6 Å². The van der Waals surface area contributed by atoms with Crippen LogP contribution in [0, 0.1) is 5.92 Å². The normalized spacial score (nSPS) is 14.8. The maximum absolute atomic E-state index is 10.6. The number of hydrogen-bond donors (Lipinski definition) is 3. The third-order valence-electron chi connectivity index (χ3n) is 5.35. The predicted molar refractivity (Wildman–Crippen MR) is 139 cm³/mol. The molecule has 0 aromatic carbocycles. The van der Waals surface area contributed by atoms with Crippen molar-refractivity contribution in [2.24, 2.45) is 5.92 Å². The summed E-state index contributed by atoms with van der Waals surface area (Å²) in [4.78, 5) is 37.6. The number of carbonyl (C=O) groups is 3. The lowest BCUT2D eigenvalue weighted by atomic mass is 10.1. The monoisotopic (exact) mass is 691 g/mol. The molecule has 260 valence electrons. The van der Waals surface area contributed by atoms with Crippen molar-refractivity contribution in [1.29, 1.82) is 0 Å². The molecule has 4 heterocycles. The van der Waals surface area contributed by atoms with Crippen molar-refractivity contribution in [3.05, 3.63) is 78.1 Å². The van der Waals surface area contributed by atoms with Crippen molar-refractivity contribution in [1.82, 2.24) is 24.6 Å². The van der Waals surface area contributed by atoms with Crippen LogP contribution in [0.5, 0.6) is 0 Å². The molecule has 0 saturated carbocycles. The quantitative estimate of drug-likeness (QED) is 0.313. The molecule has 21 heteroatoms. The molecule has 1 atom stereocenters. The summed E-state index contributed by atoms with van der Waals surface area (Å²) in [6.45, 7) is 4.92. The second kappa shape index (κ2) is 18.4. The number of hydrogen-bond acceptors (Lipinski definition) is 8. The van der Waals surface area contributed by atoms with Crippen molar-refractivity contribution >= 4 is 17.9 Å². The zero-order valence-corrected chi connectivity index (χ0v) is 23.7. The fourth-order valence-corrected chi connectivity index (χ4v) is 3.41. The van der Waals surface area contributed by atoms with Gasteiger partial charge in [0.15, 0.2) is 0 Å². The van der Waals surface area contributed by atoms with E-state index in [9.17, 15) is 39.5 Å². The number of halogens is 9. The van der Waals surface area contributed by atoms with Gasteiger partial charge in [-0.05, 0) is 35.9 Å². The van der Waals surface area contributed by atoms with Gasteiger partial charge in [-0.25, -0.2) is 14.4 Å². The van der Waals surface area contributed by atoms with E-state index in [4.69, 9.17) is 34.4 Å². The van der Waals surface area contributed by atoms with Crippen molar-refractivity contribution in [3.63, 3.8) is 0 Å². The SMILES string of the molecule is O=C(O)C(F)(F)F.O=C(O)C(F)(F)F.O=C(O)C(F)(F)F.c1ccc(COCC2CN(Cc3ccncc3)Cc3ccnn3C2)nc1. The molecule has 3 N–H and O–H groups in total. The van der Waals surface area contributed by atoms with Crippen LogP contribution < -0.4 is 0 Å². The molecule has 3 aromatic rings. The van der Waals surface area contributed by atoms with Gasteiger partial charge in [-0.1, -0.05) is 6.07 Å². The van der Waals surface area contributed by atoms with Gasteiger partial charge in [-0.15, -0.1) is 0 Å². The van der Waals surface area contributed by atoms with E-state index in [0.29, 0.717) is 19.1 Å². The molecule has 0 aliphatic carbocycles. The van der Waals surface area contributed by atoms with Gasteiger partial charge in [0, 0.05) is 56.9 Å². The average Bonchev–Trinajstić information content (AvgIpc) is 3.32. The summed E-state index contributed by atoms with van der Waals surface area (Å²) in [6.07, 6.45) is -7.86. The van der Waals surface area contributed by atoms with Gasteiger partial charge in [-0.3, -0.25) is 19.5 Å². The van der Waals surface area contributed by atoms with Gasteiger partial charge in [0.25, 0.3) is 0 Å². The first-order chi connectivity index (χ1) is 21.7. The fourth-order valence-electron chi connectivity index (χ4n) is 3.41. The number of fused-ring (bicyclic) bond motifs is 1. The summed E-state index contributed by atoms with van der Waals surface area (Å²) >= 11 is 0. The van der Waals surface area contributed by atoms with Gasteiger partial charge < -0.3 is 20.1 Å². The summed E-state index contributed by atoms with van der Waals surface area (Å²) in [6, 6.07) is 12.2. The highest BCUT2D eigenvalue weighted by Crippen LogP contribution is 2.19. The molecule has 1 aliphatic rings. The first-order valence-electron chi connectivity index (χ1n) is 12.7. The van der Waals surface area contributed by atoms with Gasteiger partial charge in [0.1, 0.15) is 0 Å². The number of alkyl halides is 9. The minimum absolute atomic E-state index is 0.390. The van der Waals surface area contributed by atoms with E-state index in [2.05, 4.69) is 42.8 Å². The largest absolute Gasteiger partial charge is 0.490 e. The van der Waals surface area contributed by atoms with Crippen LogP contribution in [0.2, 0.25) is 0 Å². The van der Waals surface area contributed by atoms with E-state index in [1.54, 1.807) is 6.20 Å². The Kier molecular flexibility index (Phi) is 15.7. The summed E-state index contributed by atoms with van der Waals surface area (Å²) in [5, 5.41) is 25.9. The predicted octanol–water partition coefficient (Wildman–Crippen LogP) is 4.42. The van der Waals surface area contributed by atoms with E-state index in [1.165, 1.54) is 11.3 Å². The number of pyridine rings is 2. The molecular formula is C26H26F9N5O7. The smallest absolute Gasteiger partial charge is 0.475 e. The maximum atomic E-state index is 10.6. The van der Waals surface area contributed by atoms with Crippen LogP contribution in [0.1, 0.15) is 17.0 Å². The molecule has 0 spiro atoms. The summed E-state index contributed by atoms with van der Waals surface area (Å²) < 4.78 is 103. The number of aliphatic carboxylic acids is 3. The van der Waals surface area contributed by atoms with Crippen LogP contribution in [-0.4, -0.2) is 89.6 Å². The number of nitrogens with zero attached hydrogens (tertiary/aromatic N) is 5. The van der Waals surface area contributed by atoms with Crippen LogP contribution in [0.15, 0.2) is 61.2 Å². The van der Waals surface area contributed by atoms with Gasteiger partial charge in [0.2, 0.25) is 0 Å². The molecule has 1 aliphatic heterocycles. The van der Waals surface area contributed by atoms with Crippen LogP contribution in [0.25, 0.3) is 0 Å². The zero-order valence-electron chi connectivity index (χ0n) is 23.7. The lowest BCUT2D eigenvalue weighted by Crippen LogP contribution is -2.30. The maximum Gasteiger partial charge on any atom is 0.490 e. The first kappa shape index (κ1) is 40.2. The van der Waals surface area contributed by atoms with E-state index in [1.807, 2.05) is 36.8 Å². The summed E-state index contributed by atoms with van der Waals surface area (Å²) in [7, 11) is 0. The highest BCUT2D eigenvalue weighted by Gasteiger charge is 2.39. The lowest BCUT2D eigenvalue weighted by molar-refractivity contribution is -0.193. The molecule has 1 unspecified atom stereocenters. The van der Waals surface area contributed by atoms with Gasteiger partial charge in [-0.2, -0.15) is 44.6 Å². The molecule has 0 saturated heterocycles.